The van der Waals surface area contributed by atoms with Crippen LogP contribution < -0.4 is 5.32 Å². The van der Waals surface area contributed by atoms with Gasteiger partial charge in [0.1, 0.15) is 0 Å². The first-order chi connectivity index (χ1) is 6.26. The predicted molar refractivity (Wildman–Crippen MR) is 51.6 cm³/mol. The van der Waals surface area contributed by atoms with Crippen molar-refractivity contribution in [2.45, 2.75) is 45.1 Å². The monoisotopic (exact) mass is 185 g/mol. The topological polar surface area (TPSA) is 38.3 Å². The molecule has 3 heteroatoms. The van der Waals surface area contributed by atoms with Crippen molar-refractivity contribution in [1.82, 2.24) is 5.32 Å². The second kappa shape index (κ2) is 5.10. The summed E-state index contributed by atoms with van der Waals surface area (Å²) >= 11 is 0. The van der Waals surface area contributed by atoms with E-state index in [1.807, 2.05) is 0 Å². The van der Waals surface area contributed by atoms with Gasteiger partial charge in [-0.15, -0.1) is 0 Å². The van der Waals surface area contributed by atoms with Gasteiger partial charge in [-0.1, -0.05) is 13.3 Å². The lowest BCUT2D eigenvalue weighted by molar-refractivity contribution is 0.160. The van der Waals surface area contributed by atoms with E-state index in [2.05, 4.69) is 17.0 Å². The van der Waals surface area contributed by atoms with Crippen LogP contribution in [0.4, 0.5) is 4.79 Å². The van der Waals surface area contributed by atoms with Gasteiger partial charge < -0.3 is 10.1 Å². The Morgan fingerprint density at radius 2 is 2.00 bits per heavy atom. The first-order valence-corrected chi connectivity index (χ1v) is 5.10. The highest BCUT2D eigenvalue weighted by Crippen LogP contribution is 2.26. The highest BCUT2D eigenvalue weighted by Gasteiger charge is 2.21. The van der Waals surface area contributed by atoms with Crippen molar-refractivity contribution in [2.24, 2.45) is 5.92 Å². The number of alkyl carbamates (subject to hydrolysis) is 1. The lowest BCUT2D eigenvalue weighted by Gasteiger charge is -2.27. The van der Waals surface area contributed by atoms with Gasteiger partial charge in [0.05, 0.1) is 7.11 Å². The van der Waals surface area contributed by atoms with Crippen molar-refractivity contribution in [3.05, 3.63) is 0 Å². The average molecular weight is 185 g/mol. The largest absolute Gasteiger partial charge is 0.453 e. The Morgan fingerprint density at radius 1 is 1.38 bits per heavy atom. The summed E-state index contributed by atoms with van der Waals surface area (Å²) in [6.07, 6.45) is 5.67. The van der Waals surface area contributed by atoms with Crippen molar-refractivity contribution in [1.29, 1.82) is 0 Å². The predicted octanol–water partition coefficient (Wildman–Crippen LogP) is 2.31. The van der Waals surface area contributed by atoms with Gasteiger partial charge in [-0.2, -0.15) is 0 Å². The van der Waals surface area contributed by atoms with Gasteiger partial charge in [0, 0.05) is 6.04 Å². The number of rotatable bonds is 2. The molecule has 0 aromatic heterocycles. The van der Waals surface area contributed by atoms with E-state index in [0.717, 1.165) is 18.8 Å². The highest BCUT2D eigenvalue weighted by atomic mass is 16.5. The molecule has 1 fully saturated rings. The molecule has 0 aromatic rings. The maximum absolute atomic E-state index is 10.9. The molecule has 0 bridgehead atoms. The Morgan fingerprint density at radius 3 is 2.46 bits per heavy atom. The van der Waals surface area contributed by atoms with Crippen LogP contribution in [0.15, 0.2) is 0 Å². The number of hydrogen-bond donors (Lipinski definition) is 1. The fraction of sp³-hybridized carbons (Fsp3) is 0.900. The van der Waals surface area contributed by atoms with Crippen LogP contribution in [0.1, 0.15) is 39.0 Å². The van der Waals surface area contributed by atoms with Gasteiger partial charge >= 0.3 is 6.09 Å². The maximum Gasteiger partial charge on any atom is 0.407 e. The number of carbonyl (C=O) groups excluding carboxylic acids is 1. The van der Waals surface area contributed by atoms with Crippen LogP contribution in [0.3, 0.4) is 0 Å². The van der Waals surface area contributed by atoms with E-state index in [9.17, 15) is 4.79 Å². The second-order valence-corrected chi connectivity index (χ2v) is 3.76. The van der Waals surface area contributed by atoms with Crippen LogP contribution in [0.25, 0.3) is 0 Å². The van der Waals surface area contributed by atoms with Crippen molar-refractivity contribution in [3.63, 3.8) is 0 Å². The van der Waals surface area contributed by atoms with E-state index in [1.54, 1.807) is 0 Å². The normalized spacial score (nSPS) is 28.2. The quantitative estimate of drug-likeness (QED) is 0.717. The summed E-state index contributed by atoms with van der Waals surface area (Å²) in [5.41, 5.74) is 0. The molecule has 13 heavy (non-hydrogen) atoms. The third-order valence-electron chi connectivity index (χ3n) is 2.93. The summed E-state index contributed by atoms with van der Waals surface area (Å²) in [4.78, 5) is 10.9. The Balaban J connectivity index is 2.21. The molecule has 3 nitrogen and oxygen atoms in total. The molecular weight excluding hydrogens is 166 g/mol. The van der Waals surface area contributed by atoms with E-state index in [-0.39, 0.29) is 6.09 Å². The van der Waals surface area contributed by atoms with Crippen molar-refractivity contribution in [3.8, 4) is 0 Å². The minimum Gasteiger partial charge on any atom is -0.453 e. The standard InChI is InChI=1S/C10H19NO2/c1-3-8-4-6-9(7-5-8)11-10(12)13-2/h8-9H,3-7H2,1-2H3,(H,11,12)/t8-,9-. The Kier molecular flexibility index (Phi) is 4.06. The summed E-state index contributed by atoms with van der Waals surface area (Å²) in [5.74, 6) is 0.871. The Bertz CT molecular complexity index is 162. The smallest absolute Gasteiger partial charge is 0.407 e. The van der Waals surface area contributed by atoms with Gasteiger partial charge in [-0.25, -0.2) is 4.79 Å². The molecule has 0 heterocycles. The number of amides is 1. The Hall–Kier alpha value is -0.730. The molecule has 76 valence electrons. The summed E-state index contributed by atoms with van der Waals surface area (Å²) in [6.45, 7) is 2.23. The molecule has 1 aliphatic rings. The third-order valence-corrected chi connectivity index (χ3v) is 2.93. The maximum atomic E-state index is 10.9. The molecule has 1 saturated carbocycles. The van der Waals surface area contributed by atoms with Crippen molar-refractivity contribution < 1.29 is 9.53 Å². The molecule has 0 saturated heterocycles. The van der Waals surface area contributed by atoms with Crippen molar-refractivity contribution in [2.75, 3.05) is 7.11 Å². The molecule has 0 aromatic carbocycles. The van der Waals surface area contributed by atoms with Crippen LogP contribution in [0.5, 0.6) is 0 Å². The second-order valence-electron chi connectivity index (χ2n) is 3.76. The summed E-state index contributed by atoms with van der Waals surface area (Å²) in [7, 11) is 1.41. The fourth-order valence-corrected chi connectivity index (χ4v) is 1.94. The number of nitrogens with one attached hydrogen (secondary N) is 1. The van der Waals surface area contributed by atoms with Crippen LogP contribution in [0.2, 0.25) is 0 Å². The summed E-state index contributed by atoms with van der Waals surface area (Å²) in [5, 5.41) is 2.85. The van der Waals surface area contributed by atoms with Crippen LogP contribution in [0, 0.1) is 5.92 Å². The molecule has 0 spiro atoms. The molecule has 1 aliphatic carbocycles. The molecule has 1 rings (SSSR count). The number of hydrogen-bond acceptors (Lipinski definition) is 2. The van der Waals surface area contributed by atoms with Gasteiger partial charge in [0.2, 0.25) is 0 Å². The summed E-state index contributed by atoms with van der Waals surface area (Å²) in [6, 6.07) is 0.343. The molecule has 1 N–H and O–H groups in total. The minimum absolute atomic E-state index is 0.292. The molecule has 0 atom stereocenters. The SMILES string of the molecule is CC[C@H]1CC[C@H](NC(=O)OC)CC1. The lowest BCUT2D eigenvalue weighted by atomic mass is 9.85. The van der Waals surface area contributed by atoms with E-state index in [1.165, 1.54) is 26.4 Å². The van der Waals surface area contributed by atoms with Gasteiger partial charge in [0.25, 0.3) is 0 Å². The highest BCUT2D eigenvalue weighted by molar-refractivity contribution is 5.67. The summed E-state index contributed by atoms with van der Waals surface area (Å²) < 4.78 is 4.56. The molecule has 0 radical (unpaired) electrons. The van der Waals surface area contributed by atoms with E-state index in [4.69, 9.17) is 0 Å². The minimum atomic E-state index is -0.292. The van der Waals surface area contributed by atoms with Gasteiger partial charge in [0.15, 0.2) is 0 Å². The van der Waals surface area contributed by atoms with E-state index < -0.39 is 0 Å². The van der Waals surface area contributed by atoms with E-state index in [0.29, 0.717) is 6.04 Å². The van der Waals surface area contributed by atoms with Crippen LogP contribution in [-0.2, 0) is 4.74 Å². The number of methoxy groups -OCH3 is 1. The van der Waals surface area contributed by atoms with Gasteiger partial charge in [-0.3, -0.25) is 0 Å². The Labute approximate surface area is 79.8 Å². The average Bonchev–Trinajstić information content (AvgIpc) is 2.19. The van der Waals surface area contributed by atoms with Crippen LogP contribution >= 0.6 is 0 Å². The van der Waals surface area contributed by atoms with Crippen molar-refractivity contribution >= 4 is 6.09 Å². The molecule has 0 aliphatic heterocycles. The number of carbonyl (C=O) groups is 1. The van der Waals surface area contributed by atoms with Crippen LogP contribution in [-0.4, -0.2) is 19.2 Å². The fourth-order valence-electron chi connectivity index (χ4n) is 1.94. The van der Waals surface area contributed by atoms with Gasteiger partial charge in [-0.05, 0) is 31.6 Å². The first-order valence-electron chi connectivity index (χ1n) is 5.10. The molecule has 1 amide bonds. The third kappa shape index (κ3) is 3.25. The lowest BCUT2D eigenvalue weighted by Crippen LogP contribution is -2.37. The zero-order chi connectivity index (χ0) is 9.68. The zero-order valence-corrected chi connectivity index (χ0v) is 8.51. The zero-order valence-electron chi connectivity index (χ0n) is 8.51. The molecule has 0 unspecified atom stereocenters. The molecular formula is C10H19NO2. The first kappa shape index (κ1) is 10.4. The van der Waals surface area contributed by atoms with E-state index >= 15 is 0 Å². The number of ether oxygens (including phenoxy) is 1.